The van der Waals surface area contributed by atoms with Crippen molar-refractivity contribution in [2.24, 2.45) is 0 Å². The molecule has 1 aliphatic rings. The third-order valence-electron chi connectivity index (χ3n) is 5.21. The second-order valence-corrected chi connectivity index (χ2v) is 8.77. The molecular formula is C23H19ClN4OS. The largest absolute Gasteiger partial charge is 0.298 e. The molecule has 150 valence electrons. The van der Waals surface area contributed by atoms with Crippen LogP contribution in [-0.2, 0) is 19.5 Å². The third kappa shape index (κ3) is 3.94. The Morgan fingerprint density at radius 2 is 1.90 bits per heavy atom. The van der Waals surface area contributed by atoms with Crippen LogP contribution < -0.4 is 5.32 Å². The van der Waals surface area contributed by atoms with Crippen molar-refractivity contribution < 1.29 is 4.79 Å². The lowest BCUT2D eigenvalue weighted by Crippen LogP contribution is -2.29. The van der Waals surface area contributed by atoms with Gasteiger partial charge in [0.25, 0.3) is 5.91 Å². The number of aromatic nitrogens is 2. The van der Waals surface area contributed by atoms with Crippen molar-refractivity contribution in [1.29, 1.82) is 0 Å². The van der Waals surface area contributed by atoms with Gasteiger partial charge in [0.05, 0.1) is 16.8 Å². The zero-order valence-corrected chi connectivity index (χ0v) is 17.7. The molecule has 0 saturated carbocycles. The van der Waals surface area contributed by atoms with E-state index in [0.29, 0.717) is 21.4 Å². The summed E-state index contributed by atoms with van der Waals surface area (Å²) in [6, 6.07) is 19.6. The predicted octanol–water partition coefficient (Wildman–Crippen LogP) is 5.16. The highest BCUT2D eigenvalue weighted by Crippen LogP contribution is 2.30. The number of carbonyl (C=O) groups is 1. The number of nitrogens with zero attached hydrogens (tertiary/aromatic N) is 3. The van der Waals surface area contributed by atoms with Gasteiger partial charge in [-0.3, -0.25) is 15.0 Å². The quantitative estimate of drug-likeness (QED) is 0.451. The first-order valence-electron chi connectivity index (χ1n) is 9.77. The number of para-hydroxylation sites is 1. The van der Waals surface area contributed by atoms with Crippen LogP contribution >= 0.6 is 22.9 Å². The van der Waals surface area contributed by atoms with Gasteiger partial charge in [0.1, 0.15) is 5.15 Å². The van der Waals surface area contributed by atoms with Crippen LogP contribution in [0.15, 0.2) is 60.7 Å². The number of anilines is 1. The Hall–Kier alpha value is -2.80. The molecule has 0 unspecified atom stereocenters. The lowest BCUT2D eigenvalue weighted by Gasteiger charge is -2.25. The van der Waals surface area contributed by atoms with E-state index < -0.39 is 0 Å². The molecule has 5 rings (SSSR count). The first-order valence-corrected chi connectivity index (χ1v) is 11.0. The Balaban J connectivity index is 1.34. The van der Waals surface area contributed by atoms with Crippen LogP contribution in [0, 0.1) is 0 Å². The second kappa shape index (κ2) is 8.14. The van der Waals surface area contributed by atoms with Crippen molar-refractivity contribution in [3.05, 3.63) is 87.5 Å². The van der Waals surface area contributed by atoms with Crippen LogP contribution in [0.4, 0.5) is 5.13 Å². The summed E-state index contributed by atoms with van der Waals surface area (Å²) in [7, 11) is 0. The number of pyridine rings is 1. The Morgan fingerprint density at radius 3 is 2.77 bits per heavy atom. The van der Waals surface area contributed by atoms with Crippen LogP contribution in [-0.4, -0.2) is 27.3 Å². The van der Waals surface area contributed by atoms with Crippen LogP contribution in [0.2, 0.25) is 5.15 Å². The maximum atomic E-state index is 13.0. The molecule has 0 saturated heterocycles. The minimum atomic E-state index is -0.220. The van der Waals surface area contributed by atoms with Gasteiger partial charge in [0.2, 0.25) is 0 Å². The fourth-order valence-electron chi connectivity index (χ4n) is 3.77. The molecular weight excluding hydrogens is 416 g/mol. The Kier molecular flexibility index (Phi) is 5.21. The van der Waals surface area contributed by atoms with Crippen molar-refractivity contribution in [2.75, 3.05) is 11.9 Å². The molecule has 0 radical (unpaired) electrons. The maximum absolute atomic E-state index is 13.0. The highest BCUT2D eigenvalue weighted by molar-refractivity contribution is 7.15. The van der Waals surface area contributed by atoms with E-state index in [-0.39, 0.29) is 5.91 Å². The minimum absolute atomic E-state index is 0.220. The zero-order chi connectivity index (χ0) is 20.5. The van der Waals surface area contributed by atoms with E-state index in [1.165, 1.54) is 10.4 Å². The zero-order valence-electron chi connectivity index (χ0n) is 16.1. The summed E-state index contributed by atoms with van der Waals surface area (Å²) in [5.41, 5.74) is 3.59. The van der Waals surface area contributed by atoms with Crippen molar-refractivity contribution in [1.82, 2.24) is 14.9 Å². The van der Waals surface area contributed by atoms with Crippen LogP contribution in [0.1, 0.15) is 26.5 Å². The first kappa shape index (κ1) is 19.2. The summed E-state index contributed by atoms with van der Waals surface area (Å²) in [6.07, 6.45) is 0.887. The van der Waals surface area contributed by atoms with Crippen molar-refractivity contribution in [2.45, 2.75) is 19.5 Å². The number of halogens is 1. The van der Waals surface area contributed by atoms with Crippen molar-refractivity contribution in [3.63, 3.8) is 0 Å². The molecule has 2 aromatic carbocycles. The van der Waals surface area contributed by atoms with E-state index in [0.717, 1.165) is 37.1 Å². The van der Waals surface area contributed by atoms with Gasteiger partial charge in [-0.2, -0.15) is 0 Å². The smallest absolute Gasteiger partial charge is 0.258 e. The molecule has 0 aliphatic carbocycles. The van der Waals surface area contributed by atoms with Crippen LogP contribution in [0.3, 0.4) is 0 Å². The number of hydrogen-bond acceptors (Lipinski definition) is 5. The van der Waals surface area contributed by atoms with Crippen molar-refractivity contribution >= 4 is 44.9 Å². The lowest BCUT2D eigenvalue weighted by molar-refractivity contribution is 0.102. The first-order chi connectivity index (χ1) is 14.7. The highest BCUT2D eigenvalue weighted by Gasteiger charge is 2.22. The molecule has 4 aromatic rings. The standard InChI is InChI=1S/C23H19ClN4OS/c24-21-12-17(16-8-4-5-9-18(16)25-21)22(29)27-23-26-19-10-11-28(14-20(19)30-23)13-15-6-2-1-3-7-15/h1-9,12H,10-11,13-14H2,(H,26,27,29). The molecule has 30 heavy (non-hydrogen) atoms. The van der Waals surface area contributed by atoms with Crippen molar-refractivity contribution in [3.8, 4) is 0 Å². The van der Waals surface area contributed by atoms with Gasteiger partial charge in [0, 0.05) is 36.3 Å². The number of benzene rings is 2. The fraction of sp³-hybridized carbons (Fsp3) is 0.174. The van der Waals surface area contributed by atoms with Gasteiger partial charge in [-0.15, -0.1) is 11.3 Å². The molecule has 1 N–H and O–H groups in total. The van der Waals surface area contributed by atoms with E-state index >= 15 is 0 Å². The summed E-state index contributed by atoms with van der Waals surface area (Å²) in [5, 5.41) is 4.66. The van der Waals surface area contributed by atoms with Gasteiger partial charge in [-0.1, -0.05) is 60.1 Å². The Morgan fingerprint density at radius 1 is 1.10 bits per heavy atom. The average Bonchev–Trinajstić information content (AvgIpc) is 3.15. The summed E-state index contributed by atoms with van der Waals surface area (Å²) >= 11 is 7.68. The van der Waals surface area contributed by atoms with Gasteiger partial charge in [0.15, 0.2) is 5.13 Å². The van der Waals surface area contributed by atoms with Gasteiger partial charge in [-0.25, -0.2) is 9.97 Å². The summed E-state index contributed by atoms with van der Waals surface area (Å²) in [5.74, 6) is -0.220. The van der Waals surface area contributed by atoms with Gasteiger partial charge in [-0.05, 0) is 17.7 Å². The fourth-order valence-corrected chi connectivity index (χ4v) is 5.02. The SMILES string of the molecule is O=C(Nc1nc2c(s1)CN(Cc1ccccc1)CC2)c1cc(Cl)nc2ccccc12. The summed E-state index contributed by atoms with van der Waals surface area (Å²) < 4.78 is 0. The molecule has 1 aliphatic heterocycles. The molecule has 1 amide bonds. The molecule has 5 nitrogen and oxygen atoms in total. The molecule has 7 heteroatoms. The number of amides is 1. The number of hydrogen-bond donors (Lipinski definition) is 1. The number of rotatable bonds is 4. The number of carbonyl (C=O) groups excluding carboxylic acids is 1. The normalized spacial score (nSPS) is 13.9. The minimum Gasteiger partial charge on any atom is -0.298 e. The van der Waals surface area contributed by atoms with Gasteiger partial charge >= 0.3 is 0 Å². The number of thiazole rings is 1. The number of fused-ring (bicyclic) bond motifs is 2. The maximum Gasteiger partial charge on any atom is 0.258 e. The van der Waals surface area contributed by atoms with E-state index in [1.54, 1.807) is 17.4 Å². The second-order valence-electron chi connectivity index (χ2n) is 7.30. The predicted molar refractivity (Wildman–Crippen MR) is 121 cm³/mol. The molecule has 2 aromatic heterocycles. The lowest BCUT2D eigenvalue weighted by atomic mass is 10.1. The summed E-state index contributed by atoms with van der Waals surface area (Å²) in [4.78, 5) is 25.5. The van der Waals surface area contributed by atoms with Crippen LogP contribution in [0.25, 0.3) is 10.9 Å². The summed E-state index contributed by atoms with van der Waals surface area (Å²) in [6.45, 7) is 2.73. The Labute approximate surface area is 183 Å². The topological polar surface area (TPSA) is 58.1 Å². The molecule has 3 heterocycles. The number of nitrogens with one attached hydrogen (secondary N) is 1. The highest BCUT2D eigenvalue weighted by atomic mass is 35.5. The van der Waals surface area contributed by atoms with E-state index in [9.17, 15) is 4.79 Å². The van der Waals surface area contributed by atoms with E-state index in [1.807, 2.05) is 30.3 Å². The van der Waals surface area contributed by atoms with Crippen LogP contribution in [0.5, 0.6) is 0 Å². The van der Waals surface area contributed by atoms with E-state index in [4.69, 9.17) is 11.6 Å². The third-order valence-corrected chi connectivity index (χ3v) is 6.40. The monoisotopic (exact) mass is 434 g/mol. The average molecular weight is 435 g/mol. The van der Waals surface area contributed by atoms with Gasteiger partial charge < -0.3 is 0 Å². The molecule has 0 fully saturated rings. The molecule has 0 bridgehead atoms. The molecule has 0 spiro atoms. The molecule has 0 atom stereocenters. The Bertz CT molecular complexity index is 1220. The van der Waals surface area contributed by atoms with E-state index in [2.05, 4.69) is 44.5 Å².